The topological polar surface area (TPSA) is 35.2 Å². The average molecular weight is 239 g/mol. The van der Waals surface area contributed by atoms with Gasteiger partial charge in [-0.3, -0.25) is 0 Å². The Kier molecular flexibility index (Phi) is 4.48. The van der Waals surface area contributed by atoms with Crippen LogP contribution < -0.4 is 5.73 Å². The van der Waals surface area contributed by atoms with Crippen molar-refractivity contribution in [2.24, 2.45) is 17.6 Å². The van der Waals surface area contributed by atoms with Gasteiger partial charge in [0.25, 0.3) is 0 Å². The molecule has 0 radical (unpaired) electrons. The Morgan fingerprint density at radius 1 is 1.24 bits per heavy atom. The van der Waals surface area contributed by atoms with Gasteiger partial charge in [-0.05, 0) is 50.4 Å². The molecule has 100 valence electrons. The van der Waals surface area contributed by atoms with Crippen LogP contribution in [-0.4, -0.2) is 18.2 Å². The Morgan fingerprint density at radius 3 is 2.59 bits per heavy atom. The Morgan fingerprint density at radius 2 is 1.94 bits per heavy atom. The molecule has 2 rings (SSSR count). The number of rotatable bonds is 4. The van der Waals surface area contributed by atoms with Gasteiger partial charge in [-0.25, -0.2) is 0 Å². The molecule has 0 aromatic heterocycles. The fraction of sp³-hybridized carbons (Fsp3) is 1.00. The maximum atomic E-state index is 6.39. The fourth-order valence-electron chi connectivity index (χ4n) is 3.56. The second kappa shape index (κ2) is 5.71. The van der Waals surface area contributed by atoms with Crippen LogP contribution in [0.2, 0.25) is 0 Å². The van der Waals surface area contributed by atoms with E-state index in [0.29, 0.717) is 12.0 Å². The number of hydrogen-bond acceptors (Lipinski definition) is 2. The van der Waals surface area contributed by atoms with Crippen LogP contribution in [0, 0.1) is 11.8 Å². The molecule has 2 heteroatoms. The van der Waals surface area contributed by atoms with Gasteiger partial charge >= 0.3 is 0 Å². The van der Waals surface area contributed by atoms with Gasteiger partial charge in [-0.15, -0.1) is 0 Å². The lowest BCUT2D eigenvalue weighted by Crippen LogP contribution is -2.43. The average Bonchev–Trinajstić information content (AvgIpc) is 2.74. The van der Waals surface area contributed by atoms with E-state index in [1.807, 2.05) is 0 Å². The summed E-state index contributed by atoms with van der Waals surface area (Å²) >= 11 is 0. The van der Waals surface area contributed by atoms with Crippen molar-refractivity contribution in [3.63, 3.8) is 0 Å². The van der Waals surface area contributed by atoms with Gasteiger partial charge in [0, 0.05) is 12.6 Å². The van der Waals surface area contributed by atoms with Crippen LogP contribution in [0.15, 0.2) is 0 Å². The number of hydrogen-bond donors (Lipinski definition) is 1. The third kappa shape index (κ3) is 3.45. The predicted molar refractivity (Wildman–Crippen MR) is 71.9 cm³/mol. The molecule has 17 heavy (non-hydrogen) atoms. The van der Waals surface area contributed by atoms with E-state index in [0.717, 1.165) is 12.5 Å². The third-order valence-electron chi connectivity index (χ3n) is 4.73. The molecule has 2 atom stereocenters. The highest BCUT2D eigenvalue weighted by atomic mass is 16.5. The molecule has 0 bridgehead atoms. The van der Waals surface area contributed by atoms with E-state index in [2.05, 4.69) is 13.8 Å². The summed E-state index contributed by atoms with van der Waals surface area (Å²) in [4.78, 5) is 0. The minimum Gasteiger partial charge on any atom is -0.375 e. The summed E-state index contributed by atoms with van der Waals surface area (Å²) in [6.07, 6.45) is 10.1. The number of ether oxygens (including phenoxy) is 1. The van der Waals surface area contributed by atoms with E-state index in [9.17, 15) is 0 Å². The summed E-state index contributed by atoms with van der Waals surface area (Å²) in [5, 5.41) is 0. The summed E-state index contributed by atoms with van der Waals surface area (Å²) < 4.78 is 6.08. The first-order valence-electron chi connectivity index (χ1n) is 7.51. The molecular weight excluding hydrogens is 210 g/mol. The molecule has 1 aliphatic heterocycles. The molecule has 0 aromatic carbocycles. The zero-order chi connectivity index (χ0) is 12.3. The predicted octanol–water partition coefficient (Wildman–Crippen LogP) is 3.49. The Balaban J connectivity index is 1.84. The second-order valence-electron chi connectivity index (χ2n) is 6.63. The van der Waals surface area contributed by atoms with Gasteiger partial charge < -0.3 is 10.5 Å². The van der Waals surface area contributed by atoms with Gasteiger partial charge in [0.05, 0.1) is 5.60 Å². The van der Waals surface area contributed by atoms with Gasteiger partial charge in [-0.2, -0.15) is 0 Å². The molecule has 0 aromatic rings. The summed E-state index contributed by atoms with van der Waals surface area (Å²) in [7, 11) is 0. The van der Waals surface area contributed by atoms with Crippen LogP contribution in [0.25, 0.3) is 0 Å². The summed E-state index contributed by atoms with van der Waals surface area (Å²) in [5.41, 5.74) is 6.63. The Labute approximate surface area is 106 Å². The lowest BCUT2D eigenvalue weighted by Gasteiger charge is -2.40. The fourth-order valence-corrected chi connectivity index (χ4v) is 3.56. The third-order valence-corrected chi connectivity index (χ3v) is 4.73. The van der Waals surface area contributed by atoms with E-state index in [1.165, 1.54) is 51.4 Å². The first-order valence-corrected chi connectivity index (χ1v) is 7.51. The van der Waals surface area contributed by atoms with Crippen molar-refractivity contribution in [2.45, 2.75) is 76.9 Å². The van der Waals surface area contributed by atoms with Crippen LogP contribution in [0.1, 0.15) is 65.2 Å². The molecule has 2 N–H and O–H groups in total. The summed E-state index contributed by atoms with van der Waals surface area (Å²) in [6, 6.07) is 0.402. The van der Waals surface area contributed by atoms with Crippen LogP contribution >= 0.6 is 0 Å². The largest absolute Gasteiger partial charge is 0.375 e. The van der Waals surface area contributed by atoms with Crippen LogP contribution in [0.4, 0.5) is 0 Å². The SMILES string of the molecule is CC(C)CCC(N)C1CCOC2(CCCC2)C1. The van der Waals surface area contributed by atoms with Gasteiger partial charge in [0.2, 0.25) is 0 Å². The van der Waals surface area contributed by atoms with Crippen molar-refractivity contribution in [3.05, 3.63) is 0 Å². The summed E-state index contributed by atoms with van der Waals surface area (Å²) in [6.45, 7) is 5.52. The maximum Gasteiger partial charge on any atom is 0.0685 e. The van der Waals surface area contributed by atoms with E-state index in [1.54, 1.807) is 0 Å². The van der Waals surface area contributed by atoms with Crippen molar-refractivity contribution in [3.8, 4) is 0 Å². The second-order valence-corrected chi connectivity index (χ2v) is 6.63. The van der Waals surface area contributed by atoms with Gasteiger partial charge in [0.15, 0.2) is 0 Å². The molecular formula is C15H29NO. The molecule has 0 amide bonds. The molecule has 1 saturated heterocycles. The Hall–Kier alpha value is -0.0800. The highest BCUT2D eigenvalue weighted by Gasteiger charge is 2.41. The minimum absolute atomic E-state index is 0.234. The van der Waals surface area contributed by atoms with Crippen LogP contribution in [-0.2, 0) is 4.74 Å². The standard InChI is InChI=1S/C15H29NO/c1-12(2)5-6-14(16)13-7-10-17-15(11-13)8-3-4-9-15/h12-14H,3-11,16H2,1-2H3. The summed E-state index contributed by atoms with van der Waals surface area (Å²) in [5.74, 6) is 1.49. The smallest absolute Gasteiger partial charge is 0.0685 e. The van der Waals surface area contributed by atoms with Crippen molar-refractivity contribution in [2.75, 3.05) is 6.61 Å². The first-order chi connectivity index (χ1) is 8.11. The molecule has 2 aliphatic rings. The molecule has 2 nitrogen and oxygen atoms in total. The van der Waals surface area contributed by atoms with Crippen molar-refractivity contribution in [1.82, 2.24) is 0 Å². The molecule has 1 saturated carbocycles. The zero-order valence-electron chi connectivity index (χ0n) is 11.6. The van der Waals surface area contributed by atoms with Crippen LogP contribution in [0.5, 0.6) is 0 Å². The van der Waals surface area contributed by atoms with E-state index >= 15 is 0 Å². The molecule has 2 fully saturated rings. The van der Waals surface area contributed by atoms with Crippen molar-refractivity contribution >= 4 is 0 Å². The lowest BCUT2D eigenvalue weighted by molar-refractivity contribution is -0.0965. The quantitative estimate of drug-likeness (QED) is 0.815. The van der Waals surface area contributed by atoms with E-state index in [-0.39, 0.29) is 5.60 Å². The van der Waals surface area contributed by atoms with Gasteiger partial charge in [0.1, 0.15) is 0 Å². The Bertz CT molecular complexity index is 233. The maximum absolute atomic E-state index is 6.39. The molecule has 1 heterocycles. The van der Waals surface area contributed by atoms with E-state index < -0.39 is 0 Å². The van der Waals surface area contributed by atoms with Gasteiger partial charge in [-0.1, -0.05) is 26.7 Å². The van der Waals surface area contributed by atoms with Crippen molar-refractivity contribution < 1.29 is 4.74 Å². The molecule has 1 spiro atoms. The van der Waals surface area contributed by atoms with E-state index in [4.69, 9.17) is 10.5 Å². The lowest BCUT2D eigenvalue weighted by atomic mass is 9.79. The molecule has 1 aliphatic carbocycles. The normalized spacial score (nSPS) is 30.0. The monoisotopic (exact) mass is 239 g/mol. The highest BCUT2D eigenvalue weighted by Crippen LogP contribution is 2.43. The zero-order valence-corrected chi connectivity index (χ0v) is 11.6. The van der Waals surface area contributed by atoms with Crippen molar-refractivity contribution in [1.29, 1.82) is 0 Å². The van der Waals surface area contributed by atoms with Crippen LogP contribution in [0.3, 0.4) is 0 Å². The number of nitrogens with two attached hydrogens (primary N) is 1. The molecule has 2 unspecified atom stereocenters. The highest BCUT2D eigenvalue weighted by molar-refractivity contribution is 4.93. The first kappa shape index (κ1) is 13.4. The minimum atomic E-state index is 0.234.